The summed E-state index contributed by atoms with van der Waals surface area (Å²) in [6.07, 6.45) is 1.65. The van der Waals surface area contributed by atoms with E-state index in [0.29, 0.717) is 12.2 Å². The number of carbonyl (C=O) groups is 1. The van der Waals surface area contributed by atoms with Crippen molar-refractivity contribution in [3.63, 3.8) is 0 Å². The zero-order chi connectivity index (χ0) is 17.7. The van der Waals surface area contributed by atoms with Crippen LogP contribution in [0.15, 0.2) is 47.4 Å². The molecule has 0 aliphatic heterocycles. The molecule has 0 radical (unpaired) electrons. The van der Waals surface area contributed by atoms with Crippen LogP contribution in [0.2, 0.25) is 0 Å². The first-order valence-corrected chi connectivity index (χ1v) is 9.69. The van der Waals surface area contributed by atoms with Gasteiger partial charge in [0, 0.05) is 16.2 Å². The summed E-state index contributed by atoms with van der Waals surface area (Å²) in [4.78, 5) is 11.0. The molecule has 0 amide bonds. The first-order chi connectivity index (χ1) is 11.3. The van der Waals surface area contributed by atoms with E-state index >= 15 is 0 Å². The number of aromatic carboxylic acids is 1. The van der Waals surface area contributed by atoms with Gasteiger partial charge < -0.3 is 9.84 Å². The largest absolute Gasteiger partial charge is 0.493 e. The van der Waals surface area contributed by atoms with E-state index < -0.39 is 15.0 Å². The van der Waals surface area contributed by atoms with Crippen LogP contribution in [0.25, 0.3) is 11.1 Å². The van der Waals surface area contributed by atoms with E-state index in [2.05, 4.69) is 0 Å². The van der Waals surface area contributed by atoms with Crippen molar-refractivity contribution in [1.29, 1.82) is 0 Å². The van der Waals surface area contributed by atoms with E-state index in [-0.39, 0.29) is 21.8 Å². The fourth-order valence-corrected chi connectivity index (χ4v) is 3.33. The maximum Gasteiger partial charge on any atom is 0.335 e. The first-order valence-electron chi connectivity index (χ1n) is 7.38. The van der Waals surface area contributed by atoms with Crippen LogP contribution in [-0.2, 0) is 9.05 Å². The van der Waals surface area contributed by atoms with Crippen molar-refractivity contribution in [3.8, 4) is 16.9 Å². The number of ether oxygens (including phenoxy) is 1. The second kappa shape index (κ2) is 7.68. The minimum absolute atomic E-state index is 0.189. The van der Waals surface area contributed by atoms with Crippen LogP contribution in [0.1, 0.15) is 30.1 Å². The van der Waals surface area contributed by atoms with Crippen molar-refractivity contribution in [2.24, 2.45) is 0 Å². The van der Waals surface area contributed by atoms with Gasteiger partial charge >= 0.3 is 5.97 Å². The molecule has 0 heterocycles. The topological polar surface area (TPSA) is 80.7 Å². The highest BCUT2D eigenvalue weighted by molar-refractivity contribution is 8.13. The Morgan fingerprint density at radius 3 is 2.42 bits per heavy atom. The average molecular weight is 369 g/mol. The molecule has 0 atom stereocenters. The summed E-state index contributed by atoms with van der Waals surface area (Å²) in [7, 11) is 1.39. The van der Waals surface area contributed by atoms with Crippen LogP contribution in [0, 0.1) is 0 Å². The highest BCUT2D eigenvalue weighted by atomic mass is 35.7. The van der Waals surface area contributed by atoms with Gasteiger partial charge in [0.2, 0.25) is 0 Å². The predicted molar refractivity (Wildman–Crippen MR) is 92.3 cm³/mol. The molecule has 0 aliphatic rings. The molecular formula is C17H17ClO5S. The molecule has 24 heavy (non-hydrogen) atoms. The van der Waals surface area contributed by atoms with Crippen molar-refractivity contribution in [2.45, 2.75) is 24.7 Å². The van der Waals surface area contributed by atoms with E-state index in [1.54, 1.807) is 30.3 Å². The summed E-state index contributed by atoms with van der Waals surface area (Å²) in [6.45, 7) is 2.34. The standard InChI is InChI=1S/C17H17ClO5S/c1-2-3-9-23-14-10-13(17(19)20)11-15(24(18,21)22)16(14)12-7-5-4-6-8-12/h4-8,10-11H,2-3,9H2,1H3,(H,19,20). The Hall–Kier alpha value is -2.05. The number of carboxylic acids is 1. The Labute approximate surface area is 145 Å². The molecule has 128 valence electrons. The molecule has 0 bridgehead atoms. The van der Waals surface area contributed by atoms with Gasteiger partial charge in [-0.05, 0) is 24.1 Å². The summed E-state index contributed by atoms with van der Waals surface area (Å²) in [5.74, 6) is -1.06. The van der Waals surface area contributed by atoms with Gasteiger partial charge in [0.05, 0.1) is 17.1 Å². The quantitative estimate of drug-likeness (QED) is 0.586. The summed E-state index contributed by atoms with van der Waals surface area (Å²) in [5.41, 5.74) is 0.660. The SMILES string of the molecule is CCCCOc1cc(C(=O)O)cc(S(=O)(=O)Cl)c1-c1ccccc1. The van der Waals surface area contributed by atoms with Crippen LogP contribution in [-0.4, -0.2) is 26.1 Å². The van der Waals surface area contributed by atoms with Gasteiger partial charge in [0.25, 0.3) is 9.05 Å². The molecule has 2 aromatic rings. The maximum absolute atomic E-state index is 12.0. The van der Waals surface area contributed by atoms with E-state index in [9.17, 15) is 18.3 Å². The number of hydrogen-bond donors (Lipinski definition) is 1. The number of benzene rings is 2. The number of carboxylic acid groups (broad SMARTS) is 1. The highest BCUT2D eigenvalue weighted by Gasteiger charge is 2.24. The van der Waals surface area contributed by atoms with Gasteiger partial charge in [-0.1, -0.05) is 43.7 Å². The lowest BCUT2D eigenvalue weighted by Crippen LogP contribution is -2.06. The second-order valence-corrected chi connectivity index (χ2v) is 7.69. The number of unbranched alkanes of at least 4 members (excludes halogenated alkanes) is 1. The van der Waals surface area contributed by atoms with Crippen molar-refractivity contribution < 1.29 is 23.1 Å². The molecular weight excluding hydrogens is 352 g/mol. The Balaban J connectivity index is 2.73. The Kier molecular flexibility index (Phi) is 5.85. The summed E-state index contributed by atoms with van der Waals surface area (Å²) in [6, 6.07) is 11.1. The molecule has 2 aromatic carbocycles. The lowest BCUT2D eigenvalue weighted by atomic mass is 10.0. The van der Waals surface area contributed by atoms with Crippen molar-refractivity contribution in [2.75, 3.05) is 6.61 Å². The van der Waals surface area contributed by atoms with Crippen LogP contribution in [0.3, 0.4) is 0 Å². The molecule has 5 nitrogen and oxygen atoms in total. The van der Waals surface area contributed by atoms with E-state index in [4.69, 9.17) is 15.4 Å². The van der Waals surface area contributed by atoms with E-state index in [1.807, 2.05) is 6.92 Å². The predicted octanol–water partition coefficient (Wildman–Crippen LogP) is 4.16. The van der Waals surface area contributed by atoms with Crippen LogP contribution < -0.4 is 4.74 Å². The molecule has 0 fully saturated rings. The van der Waals surface area contributed by atoms with Crippen LogP contribution >= 0.6 is 10.7 Å². The monoisotopic (exact) mass is 368 g/mol. The summed E-state index contributed by atoms with van der Waals surface area (Å²) >= 11 is 0. The average Bonchev–Trinajstić information content (AvgIpc) is 2.54. The third-order valence-electron chi connectivity index (χ3n) is 3.39. The highest BCUT2D eigenvalue weighted by Crippen LogP contribution is 2.39. The molecule has 0 unspecified atom stereocenters. The fraction of sp³-hybridized carbons (Fsp3) is 0.235. The van der Waals surface area contributed by atoms with E-state index in [1.165, 1.54) is 6.07 Å². The minimum Gasteiger partial charge on any atom is -0.493 e. The molecule has 0 aromatic heterocycles. The molecule has 0 aliphatic carbocycles. The Morgan fingerprint density at radius 2 is 1.88 bits per heavy atom. The summed E-state index contributed by atoms with van der Waals surface area (Å²) < 4.78 is 29.7. The Morgan fingerprint density at radius 1 is 1.21 bits per heavy atom. The number of hydrogen-bond acceptors (Lipinski definition) is 4. The smallest absolute Gasteiger partial charge is 0.335 e. The molecule has 0 saturated heterocycles. The van der Waals surface area contributed by atoms with Gasteiger partial charge in [0.15, 0.2) is 0 Å². The minimum atomic E-state index is -4.16. The van der Waals surface area contributed by atoms with Crippen molar-refractivity contribution in [3.05, 3.63) is 48.0 Å². The second-order valence-electron chi connectivity index (χ2n) is 5.16. The van der Waals surface area contributed by atoms with E-state index in [0.717, 1.165) is 18.9 Å². The lowest BCUT2D eigenvalue weighted by molar-refractivity contribution is 0.0696. The molecule has 0 spiro atoms. The fourth-order valence-electron chi connectivity index (χ4n) is 2.24. The van der Waals surface area contributed by atoms with Gasteiger partial charge in [-0.3, -0.25) is 0 Å². The van der Waals surface area contributed by atoms with Crippen LogP contribution in [0.5, 0.6) is 5.75 Å². The third-order valence-corrected chi connectivity index (χ3v) is 4.74. The molecule has 2 rings (SSSR count). The van der Waals surface area contributed by atoms with Gasteiger partial charge in [0.1, 0.15) is 5.75 Å². The summed E-state index contributed by atoms with van der Waals surface area (Å²) in [5, 5.41) is 9.24. The van der Waals surface area contributed by atoms with Gasteiger partial charge in [-0.2, -0.15) is 0 Å². The molecule has 1 N–H and O–H groups in total. The van der Waals surface area contributed by atoms with Crippen LogP contribution in [0.4, 0.5) is 0 Å². The first kappa shape index (κ1) is 18.3. The van der Waals surface area contributed by atoms with Crippen molar-refractivity contribution >= 4 is 25.7 Å². The maximum atomic E-state index is 12.0. The Bertz CT molecular complexity index is 832. The number of halogens is 1. The normalized spacial score (nSPS) is 11.2. The molecule has 7 heteroatoms. The zero-order valence-corrected chi connectivity index (χ0v) is 14.6. The lowest BCUT2D eigenvalue weighted by Gasteiger charge is -2.16. The zero-order valence-electron chi connectivity index (χ0n) is 13.0. The third kappa shape index (κ3) is 4.27. The molecule has 0 saturated carbocycles. The van der Waals surface area contributed by atoms with Crippen molar-refractivity contribution in [1.82, 2.24) is 0 Å². The van der Waals surface area contributed by atoms with Gasteiger partial charge in [-0.15, -0.1) is 0 Å². The van der Waals surface area contributed by atoms with Gasteiger partial charge in [-0.25, -0.2) is 13.2 Å². The number of rotatable bonds is 7.